The number of amides is 1. The number of ether oxygens (including phenoxy) is 1. The molecule has 1 aliphatic rings. The van der Waals surface area contributed by atoms with E-state index in [0.717, 1.165) is 18.7 Å². The van der Waals surface area contributed by atoms with E-state index in [4.69, 9.17) is 4.74 Å². The third-order valence-corrected chi connectivity index (χ3v) is 4.45. The molecule has 1 atom stereocenters. The van der Waals surface area contributed by atoms with Crippen molar-refractivity contribution < 1.29 is 9.53 Å². The van der Waals surface area contributed by atoms with Crippen LogP contribution in [0.25, 0.3) is 0 Å². The lowest BCUT2D eigenvalue weighted by Crippen LogP contribution is -2.32. The number of benzene rings is 2. The number of carbonyl (C=O) groups excluding carboxylic acids is 1. The number of para-hydroxylation sites is 3. The maximum absolute atomic E-state index is 12.4. The molecule has 25 heavy (non-hydrogen) atoms. The summed E-state index contributed by atoms with van der Waals surface area (Å²) in [7, 11) is 0. The Morgan fingerprint density at radius 3 is 2.72 bits per heavy atom. The van der Waals surface area contributed by atoms with Crippen LogP contribution in [-0.4, -0.2) is 24.6 Å². The number of rotatable bonds is 6. The molecule has 0 aliphatic carbocycles. The van der Waals surface area contributed by atoms with Crippen LogP contribution >= 0.6 is 0 Å². The van der Waals surface area contributed by atoms with Crippen molar-refractivity contribution in [2.45, 2.75) is 45.8 Å². The van der Waals surface area contributed by atoms with E-state index in [1.54, 1.807) is 0 Å². The van der Waals surface area contributed by atoms with E-state index in [-0.39, 0.29) is 12.0 Å². The van der Waals surface area contributed by atoms with Gasteiger partial charge in [-0.1, -0.05) is 30.3 Å². The van der Waals surface area contributed by atoms with E-state index in [9.17, 15) is 4.79 Å². The van der Waals surface area contributed by atoms with Crippen LogP contribution in [0.15, 0.2) is 48.5 Å². The number of anilines is 2. The molecule has 4 nitrogen and oxygen atoms in total. The lowest BCUT2D eigenvalue weighted by molar-refractivity contribution is -0.116. The number of carbonyl (C=O) groups is 1. The molecule has 0 saturated heterocycles. The van der Waals surface area contributed by atoms with Gasteiger partial charge in [0.05, 0.1) is 11.8 Å². The van der Waals surface area contributed by atoms with Gasteiger partial charge in [0.2, 0.25) is 5.91 Å². The van der Waals surface area contributed by atoms with Crippen LogP contribution in [0.4, 0.5) is 11.4 Å². The van der Waals surface area contributed by atoms with E-state index in [2.05, 4.69) is 41.4 Å². The standard InChI is InChI=1S/C21H26N2O2/c1-15(2)25-20-11-7-5-9-18(20)22-21(24)12-13-23-16(3)14-17-8-4-6-10-19(17)23/h4-11,15-16H,12-14H2,1-3H3,(H,22,24). The van der Waals surface area contributed by atoms with Crippen LogP contribution < -0.4 is 15.0 Å². The first-order chi connectivity index (χ1) is 12.0. The van der Waals surface area contributed by atoms with Gasteiger partial charge >= 0.3 is 0 Å². The molecule has 0 radical (unpaired) electrons. The average Bonchev–Trinajstić information content (AvgIpc) is 2.89. The summed E-state index contributed by atoms with van der Waals surface area (Å²) in [6.07, 6.45) is 1.57. The molecule has 2 aromatic carbocycles. The van der Waals surface area contributed by atoms with Gasteiger partial charge in [0, 0.05) is 24.7 Å². The Kier molecular flexibility index (Phi) is 5.27. The molecule has 1 aliphatic heterocycles. The number of nitrogens with zero attached hydrogens (tertiary/aromatic N) is 1. The predicted molar refractivity (Wildman–Crippen MR) is 102 cm³/mol. The Morgan fingerprint density at radius 1 is 1.20 bits per heavy atom. The van der Waals surface area contributed by atoms with E-state index < -0.39 is 0 Å². The number of hydrogen-bond donors (Lipinski definition) is 1. The molecule has 3 rings (SSSR count). The fourth-order valence-corrected chi connectivity index (χ4v) is 3.33. The second kappa shape index (κ2) is 7.60. The van der Waals surface area contributed by atoms with Crippen molar-refractivity contribution in [3.8, 4) is 5.75 Å². The van der Waals surface area contributed by atoms with Crippen LogP contribution in [0, 0.1) is 0 Å². The maximum Gasteiger partial charge on any atom is 0.226 e. The highest BCUT2D eigenvalue weighted by Crippen LogP contribution is 2.32. The monoisotopic (exact) mass is 338 g/mol. The zero-order valence-corrected chi connectivity index (χ0v) is 15.2. The first-order valence-electron chi connectivity index (χ1n) is 8.94. The molecule has 0 aromatic heterocycles. The van der Waals surface area contributed by atoms with Gasteiger partial charge in [-0.2, -0.15) is 0 Å². The van der Waals surface area contributed by atoms with Crippen molar-refractivity contribution in [2.24, 2.45) is 0 Å². The lowest BCUT2D eigenvalue weighted by atomic mass is 10.1. The van der Waals surface area contributed by atoms with E-state index in [1.807, 2.05) is 38.1 Å². The summed E-state index contributed by atoms with van der Waals surface area (Å²) < 4.78 is 5.76. The zero-order valence-electron chi connectivity index (χ0n) is 15.2. The third-order valence-electron chi connectivity index (χ3n) is 4.45. The van der Waals surface area contributed by atoms with Gasteiger partial charge in [0.25, 0.3) is 0 Å². The topological polar surface area (TPSA) is 41.6 Å². The quantitative estimate of drug-likeness (QED) is 0.856. The average molecular weight is 338 g/mol. The van der Waals surface area contributed by atoms with Crippen molar-refractivity contribution in [1.29, 1.82) is 0 Å². The molecule has 132 valence electrons. The van der Waals surface area contributed by atoms with Gasteiger partial charge < -0.3 is 15.0 Å². The van der Waals surface area contributed by atoms with Gasteiger partial charge in [-0.25, -0.2) is 0 Å². The maximum atomic E-state index is 12.4. The van der Waals surface area contributed by atoms with Gasteiger partial charge in [0.15, 0.2) is 0 Å². The fraction of sp³-hybridized carbons (Fsp3) is 0.381. The number of fused-ring (bicyclic) bond motifs is 1. The first kappa shape index (κ1) is 17.3. The molecule has 1 unspecified atom stereocenters. The molecular formula is C21H26N2O2. The van der Waals surface area contributed by atoms with E-state index in [1.165, 1.54) is 11.3 Å². The lowest BCUT2D eigenvalue weighted by Gasteiger charge is -2.24. The van der Waals surface area contributed by atoms with Crippen LogP contribution in [-0.2, 0) is 11.2 Å². The highest BCUT2D eigenvalue weighted by molar-refractivity contribution is 5.92. The summed E-state index contributed by atoms with van der Waals surface area (Å²) in [6.45, 7) is 6.89. The van der Waals surface area contributed by atoms with Crippen molar-refractivity contribution in [1.82, 2.24) is 0 Å². The van der Waals surface area contributed by atoms with E-state index in [0.29, 0.717) is 18.2 Å². The normalized spacial score (nSPS) is 16.0. The minimum absolute atomic E-state index is 0.0105. The summed E-state index contributed by atoms with van der Waals surface area (Å²) in [4.78, 5) is 14.8. The Morgan fingerprint density at radius 2 is 1.92 bits per heavy atom. The molecular weight excluding hydrogens is 312 g/mol. The molecule has 0 spiro atoms. The predicted octanol–water partition coefficient (Wildman–Crippen LogP) is 4.25. The smallest absolute Gasteiger partial charge is 0.226 e. The zero-order chi connectivity index (χ0) is 17.8. The van der Waals surface area contributed by atoms with Gasteiger partial charge in [0.1, 0.15) is 5.75 Å². The Balaban J connectivity index is 1.61. The molecule has 4 heteroatoms. The Bertz CT molecular complexity index is 742. The van der Waals surface area contributed by atoms with Crippen LogP contribution in [0.3, 0.4) is 0 Å². The highest BCUT2D eigenvalue weighted by atomic mass is 16.5. The third kappa shape index (κ3) is 4.13. The van der Waals surface area contributed by atoms with Crippen LogP contribution in [0.1, 0.15) is 32.8 Å². The Labute approximate surface area is 149 Å². The van der Waals surface area contributed by atoms with Crippen molar-refractivity contribution in [3.63, 3.8) is 0 Å². The first-order valence-corrected chi connectivity index (χ1v) is 8.94. The summed E-state index contributed by atoms with van der Waals surface area (Å²) in [6, 6.07) is 16.5. The van der Waals surface area contributed by atoms with Gasteiger partial charge in [-0.3, -0.25) is 4.79 Å². The molecule has 1 heterocycles. The fourth-order valence-electron chi connectivity index (χ4n) is 3.33. The van der Waals surface area contributed by atoms with Crippen LogP contribution in [0.5, 0.6) is 5.75 Å². The minimum atomic E-state index is 0.0105. The van der Waals surface area contributed by atoms with Gasteiger partial charge in [-0.05, 0) is 51.0 Å². The highest BCUT2D eigenvalue weighted by Gasteiger charge is 2.25. The van der Waals surface area contributed by atoms with Gasteiger partial charge in [-0.15, -0.1) is 0 Å². The summed E-state index contributed by atoms with van der Waals surface area (Å²) in [5.41, 5.74) is 3.36. The molecule has 0 fully saturated rings. The molecule has 0 saturated carbocycles. The van der Waals surface area contributed by atoms with Crippen molar-refractivity contribution in [2.75, 3.05) is 16.8 Å². The Hall–Kier alpha value is -2.49. The van der Waals surface area contributed by atoms with Crippen molar-refractivity contribution >= 4 is 17.3 Å². The van der Waals surface area contributed by atoms with Crippen LogP contribution in [0.2, 0.25) is 0 Å². The summed E-state index contributed by atoms with van der Waals surface area (Å²) in [5.74, 6) is 0.724. The summed E-state index contributed by atoms with van der Waals surface area (Å²) >= 11 is 0. The summed E-state index contributed by atoms with van der Waals surface area (Å²) in [5, 5.41) is 2.99. The minimum Gasteiger partial charge on any atom is -0.489 e. The van der Waals surface area contributed by atoms with Crippen molar-refractivity contribution in [3.05, 3.63) is 54.1 Å². The molecule has 0 bridgehead atoms. The second-order valence-corrected chi connectivity index (χ2v) is 6.84. The number of nitrogens with one attached hydrogen (secondary N) is 1. The molecule has 2 aromatic rings. The largest absolute Gasteiger partial charge is 0.489 e. The SMILES string of the molecule is CC(C)Oc1ccccc1NC(=O)CCN1c2ccccc2CC1C. The second-order valence-electron chi connectivity index (χ2n) is 6.84. The van der Waals surface area contributed by atoms with E-state index >= 15 is 0 Å². The number of hydrogen-bond acceptors (Lipinski definition) is 3. The molecule has 1 N–H and O–H groups in total. The molecule has 1 amide bonds.